The van der Waals surface area contributed by atoms with Crippen LogP contribution in [0.25, 0.3) is 0 Å². The summed E-state index contributed by atoms with van der Waals surface area (Å²) < 4.78 is 17.5. The normalized spacial score (nSPS) is 16.8. The number of ether oxygens (including phenoxy) is 3. The van der Waals surface area contributed by atoms with Gasteiger partial charge < -0.3 is 24.2 Å². The summed E-state index contributed by atoms with van der Waals surface area (Å²) in [6, 6.07) is 0. The van der Waals surface area contributed by atoms with Crippen molar-refractivity contribution in [2.45, 2.75) is 205 Å². The summed E-state index contributed by atoms with van der Waals surface area (Å²) in [6.45, 7) is 4.30. The van der Waals surface area contributed by atoms with Crippen molar-refractivity contribution in [2.75, 3.05) is 27.2 Å². The Hall–Kier alpha value is -1.11. The van der Waals surface area contributed by atoms with Gasteiger partial charge in [-0.25, -0.2) is 4.79 Å². The molecule has 266 valence electrons. The van der Waals surface area contributed by atoms with E-state index in [-0.39, 0.29) is 18.5 Å². The molecule has 2 unspecified atom stereocenters. The topological polar surface area (TPSA) is 68.2 Å². The second-order valence-corrected chi connectivity index (χ2v) is 13.9. The molecule has 1 aliphatic rings. The highest BCUT2D eigenvalue weighted by Gasteiger charge is 2.19. The Bertz CT molecular complexity index is 664. The van der Waals surface area contributed by atoms with Crippen LogP contribution in [-0.4, -0.2) is 61.9 Å². The van der Waals surface area contributed by atoms with E-state index in [1.807, 2.05) is 0 Å². The molecule has 3 atom stereocenters. The van der Waals surface area contributed by atoms with E-state index in [4.69, 9.17) is 19.3 Å². The van der Waals surface area contributed by atoms with Gasteiger partial charge in [0.1, 0.15) is 6.10 Å². The standard InChI is InChI=1S/C39H75NO5/c1-4-5-6-7-8-12-19-24-31-37(45-39(41)42)32-25-20-14-10-9-13-17-22-29-36(44-38-33-26-28-35-43-38)30-23-18-15-11-16-21-27-34-40(2)3/h17,22,36-38H,4-16,18-21,23-35H2,1-3H3,(H,41,42)/b22-17-/t36-,37?,38?/m0/s1. The second-order valence-electron chi connectivity index (χ2n) is 13.9. The lowest BCUT2D eigenvalue weighted by molar-refractivity contribution is -0.188. The number of carboxylic acid groups (broad SMARTS) is 1. The van der Waals surface area contributed by atoms with Gasteiger partial charge in [0.25, 0.3) is 0 Å². The predicted octanol–water partition coefficient (Wildman–Crippen LogP) is 11.9. The number of rotatable bonds is 32. The Morgan fingerprint density at radius 2 is 1.27 bits per heavy atom. The molecular formula is C39H75NO5. The van der Waals surface area contributed by atoms with Crippen LogP contribution in [0.15, 0.2) is 12.2 Å². The van der Waals surface area contributed by atoms with Gasteiger partial charge in [-0.3, -0.25) is 0 Å². The fourth-order valence-electron chi connectivity index (χ4n) is 6.40. The first-order valence-corrected chi connectivity index (χ1v) is 19.5. The molecular weight excluding hydrogens is 562 g/mol. The monoisotopic (exact) mass is 638 g/mol. The minimum Gasteiger partial charge on any atom is -0.450 e. The van der Waals surface area contributed by atoms with Crippen molar-refractivity contribution in [3.8, 4) is 0 Å². The van der Waals surface area contributed by atoms with Crippen LogP contribution in [0.1, 0.15) is 187 Å². The molecule has 0 spiro atoms. The second kappa shape index (κ2) is 31.5. The molecule has 6 nitrogen and oxygen atoms in total. The lowest BCUT2D eigenvalue weighted by atomic mass is 10.0. The zero-order valence-corrected chi connectivity index (χ0v) is 30.1. The highest BCUT2D eigenvalue weighted by molar-refractivity contribution is 5.57. The van der Waals surface area contributed by atoms with Gasteiger partial charge in [-0.05, 0) is 97.7 Å². The maximum absolute atomic E-state index is 11.1. The van der Waals surface area contributed by atoms with Gasteiger partial charge in [-0.15, -0.1) is 0 Å². The van der Waals surface area contributed by atoms with E-state index in [0.29, 0.717) is 0 Å². The molecule has 0 aromatic carbocycles. The third-order valence-electron chi connectivity index (χ3n) is 9.22. The Kier molecular flexibility index (Phi) is 29.3. The number of hydrogen-bond donors (Lipinski definition) is 1. The number of hydrogen-bond acceptors (Lipinski definition) is 5. The number of nitrogens with zero attached hydrogens (tertiary/aromatic N) is 1. The number of carbonyl (C=O) groups is 1. The summed E-state index contributed by atoms with van der Waals surface area (Å²) in [5.74, 6) is 0. The van der Waals surface area contributed by atoms with Crippen molar-refractivity contribution in [3.05, 3.63) is 12.2 Å². The molecule has 0 bridgehead atoms. The molecule has 0 amide bonds. The fraction of sp³-hybridized carbons (Fsp3) is 0.923. The van der Waals surface area contributed by atoms with Gasteiger partial charge >= 0.3 is 6.16 Å². The molecule has 1 heterocycles. The summed E-state index contributed by atoms with van der Waals surface area (Å²) in [7, 11) is 4.32. The SMILES string of the molecule is CCCCCCCCCCC(CCCCCCC/C=C\C[C@@H](CCCCCCCCCN(C)C)OC1CCCCO1)OC(=O)O. The molecule has 0 aromatic rings. The van der Waals surface area contributed by atoms with Crippen LogP contribution in [-0.2, 0) is 14.2 Å². The van der Waals surface area contributed by atoms with Crippen molar-refractivity contribution < 1.29 is 24.1 Å². The summed E-state index contributed by atoms with van der Waals surface area (Å²) in [5, 5.41) is 9.13. The summed E-state index contributed by atoms with van der Waals surface area (Å²) in [4.78, 5) is 13.4. The van der Waals surface area contributed by atoms with E-state index in [1.54, 1.807) is 0 Å². The van der Waals surface area contributed by atoms with E-state index >= 15 is 0 Å². The van der Waals surface area contributed by atoms with Gasteiger partial charge in [-0.1, -0.05) is 122 Å². The quantitative estimate of drug-likeness (QED) is 0.0449. The maximum atomic E-state index is 11.1. The summed E-state index contributed by atoms with van der Waals surface area (Å²) in [6.07, 6.45) is 37.5. The average molecular weight is 638 g/mol. The molecule has 0 aliphatic carbocycles. The van der Waals surface area contributed by atoms with E-state index in [0.717, 1.165) is 70.8 Å². The van der Waals surface area contributed by atoms with Crippen LogP contribution in [0, 0.1) is 0 Å². The third-order valence-corrected chi connectivity index (χ3v) is 9.22. The molecule has 0 radical (unpaired) electrons. The van der Waals surface area contributed by atoms with Crippen LogP contribution in [0.3, 0.4) is 0 Å². The Morgan fingerprint density at radius 1 is 0.733 bits per heavy atom. The molecule has 1 rings (SSSR count). The van der Waals surface area contributed by atoms with Crippen LogP contribution < -0.4 is 0 Å². The van der Waals surface area contributed by atoms with Gasteiger partial charge in [0.05, 0.1) is 6.10 Å². The summed E-state index contributed by atoms with van der Waals surface area (Å²) >= 11 is 0. The Labute approximate surface area is 279 Å². The van der Waals surface area contributed by atoms with E-state index in [1.165, 1.54) is 122 Å². The van der Waals surface area contributed by atoms with Gasteiger partial charge in [-0.2, -0.15) is 0 Å². The first-order valence-electron chi connectivity index (χ1n) is 19.5. The third kappa shape index (κ3) is 28.8. The maximum Gasteiger partial charge on any atom is 0.506 e. The van der Waals surface area contributed by atoms with Crippen LogP contribution in [0.4, 0.5) is 4.79 Å². The van der Waals surface area contributed by atoms with E-state index in [2.05, 4.69) is 38.1 Å². The smallest absolute Gasteiger partial charge is 0.450 e. The lowest BCUT2D eigenvalue weighted by Crippen LogP contribution is -2.27. The molecule has 1 aliphatic heterocycles. The highest BCUT2D eigenvalue weighted by atomic mass is 16.7. The lowest BCUT2D eigenvalue weighted by Gasteiger charge is -2.27. The van der Waals surface area contributed by atoms with Crippen LogP contribution >= 0.6 is 0 Å². The fourth-order valence-corrected chi connectivity index (χ4v) is 6.40. The predicted molar refractivity (Wildman–Crippen MR) is 190 cm³/mol. The molecule has 0 aromatic heterocycles. The molecule has 1 fully saturated rings. The molecule has 45 heavy (non-hydrogen) atoms. The molecule has 1 saturated heterocycles. The first-order chi connectivity index (χ1) is 22.0. The van der Waals surface area contributed by atoms with E-state index in [9.17, 15) is 4.79 Å². The summed E-state index contributed by atoms with van der Waals surface area (Å²) in [5.41, 5.74) is 0. The van der Waals surface area contributed by atoms with Crippen molar-refractivity contribution in [3.63, 3.8) is 0 Å². The average Bonchev–Trinajstić information content (AvgIpc) is 3.02. The minimum absolute atomic E-state index is 0.00494. The van der Waals surface area contributed by atoms with Crippen molar-refractivity contribution >= 4 is 6.16 Å². The zero-order valence-electron chi connectivity index (χ0n) is 30.1. The largest absolute Gasteiger partial charge is 0.506 e. The van der Waals surface area contributed by atoms with E-state index < -0.39 is 6.16 Å². The van der Waals surface area contributed by atoms with Gasteiger partial charge in [0, 0.05) is 6.61 Å². The van der Waals surface area contributed by atoms with Gasteiger partial charge in [0.2, 0.25) is 0 Å². The zero-order chi connectivity index (χ0) is 32.6. The number of unbranched alkanes of at least 4 members (excludes halogenated alkanes) is 18. The minimum atomic E-state index is -1.12. The molecule has 0 saturated carbocycles. The number of allylic oxidation sites excluding steroid dienone is 1. The first kappa shape index (κ1) is 41.9. The highest BCUT2D eigenvalue weighted by Crippen LogP contribution is 2.21. The molecule has 1 N–H and O–H groups in total. The molecule has 6 heteroatoms. The van der Waals surface area contributed by atoms with Crippen molar-refractivity contribution in [2.24, 2.45) is 0 Å². The Balaban J connectivity index is 2.15. The van der Waals surface area contributed by atoms with Crippen LogP contribution in [0.2, 0.25) is 0 Å². The van der Waals surface area contributed by atoms with Crippen LogP contribution in [0.5, 0.6) is 0 Å². The Morgan fingerprint density at radius 3 is 1.80 bits per heavy atom. The van der Waals surface area contributed by atoms with Crippen molar-refractivity contribution in [1.29, 1.82) is 0 Å². The van der Waals surface area contributed by atoms with Gasteiger partial charge in [0.15, 0.2) is 6.29 Å². The van der Waals surface area contributed by atoms with Crippen molar-refractivity contribution in [1.82, 2.24) is 4.90 Å².